The minimum Gasteiger partial charge on any atom is -0.422 e. The number of rotatable bonds is 6. The normalized spacial score (nSPS) is 32.7. The first-order valence-electron chi connectivity index (χ1n) is 10.6. The van der Waals surface area contributed by atoms with E-state index in [0.717, 1.165) is 38.5 Å². The largest absolute Gasteiger partial charge is 0.422 e. The van der Waals surface area contributed by atoms with Gasteiger partial charge in [-0.3, -0.25) is 0 Å². The number of benzene rings is 1. The Labute approximate surface area is 193 Å². The number of esters is 2. The van der Waals surface area contributed by atoms with Crippen molar-refractivity contribution >= 4 is 43.8 Å². The van der Waals surface area contributed by atoms with E-state index in [2.05, 4.69) is 45.0 Å². The number of carbonyl (C=O) groups excluding carboxylic acids is 2. The molecule has 4 fully saturated rings. The monoisotopic (exact) mass is 534 g/mol. The highest BCUT2D eigenvalue weighted by atomic mass is 79.9. The Balaban J connectivity index is 1.27. The lowest BCUT2D eigenvalue weighted by atomic mass is 9.94. The molecule has 6 heteroatoms. The molecule has 0 bridgehead atoms. The molecular formula is C24H24Br2O4. The number of ether oxygens (including phenoxy) is 2. The number of halogens is 2. The Kier molecular flexibility index (Phi) is 4.82. The van der Waals surface area contributed by atoms with Gasteiger partial charge < -0.3 is 9.47 Å². The maximum absolute atomic E-state index is 12.7. The molecule has 30 heavy (non-hydrogen) atoms. The average molecular weight is 536 g/mol. The first kappa shape index (κ1) is 20.5. The average Bonchev–Trinajstić information content (AvgIpc) is 3.52. The van der Waals surface area contributed by atoms with Crippen molar-refractivity contribution in [3.8, 4) is 11.5 Å². The molecule has 4 saturated carbocycles. The number of hydrogen-bond donors (Lipinski definition) is 0. The van der Waals surface area contributed by atoms with E-state index in [0.29, 0.717) is 43.4 Å². The summed E-state index contributed by atoms with van der Waals surface area (Å²) in [5, 5.41) is 0. The molecule has 4 aliphatic carbocycles. The van der Waals surface area contributed by atoms with Crippen LogP contribution in [0, 0.1) is 22.7 Å². The van der Waals surface area contributed by atoms with Crippen LogP contribution in [0.4, 0.5) is 0 Å². The Morgan fingerprint density at radius 3 is 1.53 bits per heavy atom. The maximum Gasteiger partial charge on any atom is 0.339 e. The van der Waals surface area contributed by atoms with Gasteiger partial charge in [0.15, 0.2) is 0 Å². The van der Waals surface area contributed by atoms with Crippen LogP contribution < -0.4 is 9.47 Å². The number of fused-ring (bicyclic) bond motifs is 2. The van der Waals surface area contributed by atoms with Gasteiger partial charge in [-0.2, -0.15) is 0 Å². The summed E-state index contributed by atoms with van der Waals surface area (Å²) in [5.41, 5.74) is 1.10. The van der Waals surface area contributed by atoms with E-state index in [-0.39, 0.29) is 22.8 Å². The van der Waals surface area contributed by atoms with E-state index in [9.17, 15) is 9.59 Å². The van der Waals surface area contributed by atoms with Crippen LogP contribution in [0.1, 0.15) is 51.4 Å². The molecule has 1 aromatic carbocycles. The lowest BCUT2D eigenvalue weighted by Gasteiger charge is -2.17. The van der Waals surface area contributed by atoms with Crippen LogP contribution in [0.3, 0.4) is 0 Å². The minimum atomic E-state index is -0.384. The summed E-state index contributed by atoms with van der Waals surface area (Å²) in [6.45, 7) is 8.08. The van der Waals surface area contributed by atoms with Crippen molar-refractivity contribution in [3.05, 3.63) is 45.4 Å². The van der Waals surface area contributed by atoms with Gasteiger partial charge in [0.2, 0.25) is 0 Å². The van der Waals surface area contributed by atoms with Crippen molar-refractivity contribution in [2.24, 2.45) is 22.7 Å². The minimum absolute atomic E-state index is 0.0308. The van der Waals surface area contributed by atoms with Crippen molar-refractivity contribution in [1.29, 1.82) is 0 Å². The summed E-state index contributed by atoms with van der Waals surface area (Å²) in [5.74, 6) is 1.15. The Bertz CT molecular complexity index is 919. The summed E-state index contributed by atoms with van der Waals surface area (Å²) in [6, 6.07) is 3.29. The quantitative estimate of drug-likeness (QED) is 0.236. The summed E-state index contributed by atoms with van der Waals surface area (Å²) in [6.07, 6.45) is 8.80. The predicted octanol–water partition coefficient (Wildman–Crippen LogP) is 6.52. The van der Waals surface area contributed by atoms with E-state index in [1.807, 2.05) is 0 Å². The van der Waals surface area contributed by atoms with Crippen LogP contribution in [0.15, 0.2) is 45.4 Å². The number of carbonyl (C=O) groups is 2. The number of hydrogen-bond acceptors (Lipinski definition) is 4. The van der Waals surface area contributed by atoms with E-state index in [4.69, 9.17) is 9.47 Å². The summed E-state index contributed by atoms with van der Waals surface area (Å²) >= 11 is 6.87. The van der Waals surface area contributed by atoms with Crippen LogP contribution in [0.2, 0.25) is 0 Å². The molecule has 0 heterocycles. The van der Waals surface area contributed by atoms with Crippen molar-refractivity contribution in [1.82, 2.24) is 0 Å². The Morgan fingerprint density at radius 1 is 0.833 bits per heavy atom. The summed E-state index contributed by atoms with van der Waals surface area (Å²) < 4.78 is 12.3. The maximum atomic E-state index is 12.7. The standard InChI is InChI=1S/C24H24Br2O4/c1-13(23-7-3-5-15(23)11-23)21(27)29-19-9-18(26)20(10-17(19)25)30-22(28)14(2)24-8-4-6-16(24)12-24/h9-10,15-16H,1-8,11-12H2. The smallest absolute Gasteiger partial charge is 0.339 e. The molecule has 4 nitrogen and oxygen atoms in total. The zero-order valence-electron chi connectivity index (χ0n) is 16.8. The third kappa shape index (κ3) is 3.13. The first-order valence-corrected chi connectivity index (χ1v) is 12.2. The zero-order chi connectivity index (χ0) is 21.3. The zero-order valence-corrected chi connectivity index (χ0v) is 19.9. The van der Waals surface area contributed by atoms with Crippen LogP contribution in [0.5, 0.6) is 11.5 Å². The van der Waals surface area contributed by atoms with Crippen LogP contribution in [-0.2, 0) is 9.59 Å². The highest BCUT2D eigenvalue weighted by Gasteiger charge is 2.61. The third-order valence-electron chi connectivity index (χ3n) is 7.90. The van der Waals surface area contributed by atoms with Crippen LogP contribution in [-0.4, -0.2) is 11.9 Å². The molecule has 0 amide bonds. The van der Waals surface area contributed by atoms with E-state index < -0.39 is 0 Å². The predicted molar refractivity (Wildman–Crippen MR) is 120 cm³/mol. The molecule has 5 rings (SSSR count). The Morgan fingerprint density at radius 2 is 1.23 bits per heavy atom. The van der Waals surface area contributed by atoms with Gasteiger partial charge >= 0.3 is 11.9 Å². The van der Waals surface area contributed by atoms with Crippen molar-refractivity contribution in [2.45, 2.75) is 51.4 Å². The van der Waals surface area contributed by atoms with Gasteiger partial charge in [-0.15, -0.1) is 0 Å². The van der Waals surface area contributed by atoms with Crippen LogP contribution >= 0.6 is 31.9 Å². The van der Waals surface area contributed by atoms with Gasteiger partial charge in [0.25, 0.3) is 0 Å². The molecule has 4 unspecified atom stereocenters. The highest BCUT2D eigenvalue weighted by molar-refractivity contribution is 9.11. The van der Waals surface area contributed by atoms with E-state index in [1.165, 1.54) is 12.8 Å². The van der Waals surface area contributed by atoms with Gasteiger partial charge in [0.1, 0.15) is 11.5 Å². The molecule has 158 valence electrons. The molecule has 4 aliphatic rings. The van der Waals surface area contributed by atoms with Gasteiger partial charge in [-0.1, -0.05) is 26.0 Å². The van der Waals surface area contributed by atoms with Gasteiger partial charge in [-0.25, -0.2) is 9.59 Å². The van der Waals surface area contributed by atoms with Crippen molar-refractivity contribution in [2.75, 3.05) is 0 Å². The molecular weight excluding hydrogens is 512 g/mol. The molecule has 0 aromatic heterocycles. The molecule has 1 aromatic rings. The SMILES string of the molecule is C=C(C(=O)Oc1cc(Br)c(OC(=O)C(=C)C23CCCC2C3)cc1Br)C12CCCC1C2. The van der Waals surface area contributed by atoms with E-state index >= 15 is 0 Å². The van der Waals surface area contributed by atoms with Crippen molar-refractivity contribution < 1.29 is 19.1 Å². The molecule has 0 saturated heterocycles. The second kappa shape index (κ2) is 7.06. The topological polar surface area (TPSA) is 52.6 Å². The second-order valence-electron chi connectivity index (χ2n) is 9.35. The van der Waals surface area contributed by atoms with E-state index in [1.54, 1.807) is 12.1 Å². The fourth-order valence-electron chi connectivity index (χ4n) is 5.90. The van der Waals surface area contributed by atoms with Gasteiger partial charge in [0, 0.05) is 34.1 Å². The Hall–Kier alpha value is -1.40. The molecule has 0 spiro atoms. The molecule has 0 N–H and O–H groups in total. The first-order chi connectivity index (χ1) is 14.3. The fourth-order valence-corrected chi connectivity index (χ4v) is 6.70. The summed E-state index contributed by atoms with van der Waals surface area (Å²) in [7, 11) is 0. The molecule has 0 aliphatic heterocycles. The van der Waals surface area contributed by atoms with Crippen molar-refractivity contribution in [3.63, 3.8) is 0 Å². The van der Waals surface area contributed by atoms with Gasteiger partial charge in [-0.05, 0) is 82.2 Å². The highest BCUT2D eigenvalue weighted by Crippen LogP contribution is 2.68. The van der Waals surface area contributed by atoms with Gasteiger partial charge in [0.05, 0.1) is 8.95 Å². The molecule has 4 atom stereocenters. The third-order valence-corrected chi connectivity index (χ3v) is 9.14. The van der Waals surface area contributed by atoms with Crippen LogP contribution in [0.25, 0.3) is 0 Å². The lowest BCUT2D eigenvalue weighted by molar-refractivity contribution is -0.132. The lowest BCUT2D eigenvalue weighted by Crippen LogP contribution is -2.19. The summed E-state index contributed by atoms with van der Waals surface area (Å²) in [4.78, 5) is 25.4. The molecule has 0 radical (unpaired) electrons. The second-order valence-corrected chi connectivity index (χ2v) is 11.1. The fraction of sp³-hybridized carbons (Fsp3) is 0.500.